The highest BCUT2D eigenvalue weighted by atomic mass is 16.5. The molecule has 1 aromatic heterocycles. The SMILES string of the molecule is CCOc1ccc2nc3cc(N)cc(OC(=O)C(C)O)c3c(N)c2c1. The maximum Gasteiger partial charge on any atom is 0.340 e. The summed E-state index contributed by atoms with van der Waals surface area (Å²) in [5, 5.41) is 10.5. The number of carbonyl (C=O) groups is 1. The number of nitrogen functional groups attached to an aromatic ring is 2. The Morgan fingerprint density at radius 1 is 1.24 bits per heavy atom. The molecule has 5 N–H and O–H groups in total. The number of benzene rings is 2. The average Bonchev–Trinajstić information content (AvgIpc) is 2.55. The first kappa shape index (κ1) is 16.8. The van der Waals surface area contributed by atoms with Gasteiger partial charge in [-0.25, -0.2) is 9.78 Å². The van der Waals surface area contributed by atoms with Crippen molar-refractivity contribution in [1.29, 1.82) is 0 Å². The van der Waals surface area contributed by atoms with Crippen LogP contribution in [0.25, 0.3) is 21.8 Å². The molecule has 0 radical (unpaired) electrons. The highest BCUT2D eigenvalue weighted by molar-refractivity contribution is 6.10. The third-order valence-electron chi connectivity index (χ3n) is 3.73. The molecule has 2 aromatic carbocycles. The van der Waals surface area contributed by atoms with Crippen molar-refractivity contribution >= 4 is 39.1 Å². The van der Waals surface area contributed by atoms with Gasteiger partial charge in [-0.05, 0) is 38.1 Å². The number of hydrogen-bond donors (Lipinski definition) is 3. The van der Waals surface area contributed by atoms with Crippen LogP contribution >= 0.6 is 0 Å². The van der Waals surface area contributed by atoms with Crippen molar-refractivity contribution in [3.8, 4) is 11.5 Å². The second-order valence-electron chi connectivity index (χ2n) is 5.65. The molecule has 0 fully saturated rings. The Morgan fingerprint density at radius 3 is 2.68 bits per heavy atom. The summed E-state index contributed by atoms with van der Waals surface area (Å²) in [6, 6.07) is 8.54. The van der Waals surface area contributed by atoms with Crippen LogP contribution in [0.15, 0.2) is 30.3 Å². The van der Waals surface area contributed by atoms with E-state index < -0.39 is 12.1 Å². The molecule has 1 unspecified atom stereocenters. The molecule has 0 spiro atoms. The number of nitrogens with zero attached hydrogens (tertiary/aromatic N) is 1. The largest absolute Gasteiger partial charge is 0.494 e. The second kappa shape index (κ2) is 6.45. The quantitative estimate of drug-likeness (QED) is 0.288. The molecule has 7 heteroatoms. The number of aliphatic hydroxyl groups excluding tert-OH is 1. The number of esters is 1. The van der Waals surface area contributed by atoms with E-state index in [0.717, 1.165) is 0 Å². The van der Waals surface area contributed by atoms with Crippen molar-refractivity contribution in [2.24, 2.45) is 0 Å². The van der Waals surface area contributed by atoms with E-state index in [1.54, 1.807) is 18.2 Å². The summed E-state index contributed by atoms with van der Waals surface area (Å²) in [5.74, 6) is 0.0323. The molecule has 0 aliphatic carbocycles. The highest BCUT2D eigenvalue weighted by Gasteiger charge is 2.18. The molecule has 3 rings (SSSR count). The summed E-state index contributed by atoms with van der Waals surface area (Å²) in [5.41, 5.74) is 14.2. The lowest BCUT2D eigenvalue weighted by Crippen LogP contribution is -2.22. The molecule has 0 saturated heterocycles. The minimum absolute atomic E-state index is 0.162. The number of fused-ring (bicyclic) bond motifs is 2. The molecule has 1 heterocycles. The Bertz CT molecular complexity index is 970. The van der Waals surface area contributed by atoms with Gasteiger partial charge in [0.05, 0.1) is 28.7 Å². The number of ether oxygens (including phenoxy) is 2. The number of nitrogens with two attached hydrogens (primary N) is 2. The average molecular weight is 341 g/mol. The third-order valence-corrected chi connectivity index (χ3v) is 3.73. The summed E-state index contributed by atoms with van der Waals surface area (Å²) in [6.07, 6.45) is -1.27. The minimum Gasteiger partial charge on any atom is -0.494 e. The van der Waals surface area contributed by atoms with Gasteiger partial charge in [0, 0.05) is 17.1 Å². The Labute approximate surface area is 144 Å². The smallest absolute Gasteiger partial charge is 0.340 e. The predicted molar refractivity (Wildman–Crippen MR) is 96.6 cm³/mol. The van der Waals surface area contributed by atoms with Crippen LogP contribution in [0.1, 0.15) is 13.8 Å². The summed E-state index contributed by atoms with van der Waals surface area (Å²) >= 11 is 0. The van der Waals surface area contributed by atoms with Gasteiger partial charge in [0.15, 0.2) is 0 Å². The van der Waals surface area contributed by atoms with E-state index in [1.807, 2.05) is 13.0 Å². The standard InChI is InChI=1S/C18H19N3O4/c1-3-24-11-4-5-13-12(8-11)17(20)16-14(21-13)6-10(19)7-15(16)25-18(23)9(2)22/h4-9,22H,3,19H2,1-2H3,(H2,20,21). The monoisotopic (exact) mass is 341 g/mol. The molecule has 0 aliphatic heterocycles. The molecular weight excluding hydrogens is 322 g/mol. The molecular formula is C18H19N3O4. The Balaban J connectivity index is 2.27. The molecule has 0 amide bonds. The molecule has 0 bridgehead atoms. The summed E-state index contributed by atoms with van der Waals surface area (Å²) in [7, 11) is 0. The van der Waals surface area contributed by atoms with Crippen LogP contribution in [-0.4, -0.2) is 28.8 Å². The van der Waals surface area contributed by atoms with Crippen molar-refractivity contribution in [3.05, 3.63) is 30.3 Å². The fraction of sp³-hybridized carbons (Fsp3) is 0.222. The minimum atomic E-state index is -1.27. The van der Waals surface area contributed by atoms with Gasteiger partial charge >= 0.3 is 5.97 Å². The van der Waals surface area contributed by atoms with Crippen LogP contribution in [0.2, 0.25) is 0 Å². The molecule has 0 aliphatic rings. The Hall–Kier alpha value is -3.06. The van der Waals surface area contributed by atoms with Gasteiger partial charge in [0.2, 0.25) is 0 Å². The number of rotatable bonds is 4. The van der Waals surface area contributed by atoms with Crippen LogP contribution in [0.3, 0.4) is 0 Å². The van der Waals surface area contributed by atoms with Gasteiger partial charge in [0.1, 0.15) is 17.6 Å². The highest BCUT2D eigenvalue weighted by Crippen LogP contribution is 2.37. The van der Waals surface area contributed by atoms with Crippen LogP contribution in [0.5, 0.6) is 11.5 Å². The lowest BCUT2D eigenvalue weighted by Gasteiger charge is -2.14. The van der Waals surface area contributed by atoms with Crippen molar-refractivity contribution in [3.63, 3.8) is 0 Å². The zero-order valence-corrected chi connectivity index (χ0v) is 13.9. The molecule has 1 atom stereocenters. The van der Waals surface area contributed by atoms with Gasteiger partial charge in [-0.2, -0.15) is 0 Å². The predicted octanol–water partition coefficient (Wildman–Crippen LogP) is 2.24. The zero-order chi connectivity index (χ0) is 18.1. The molecule has 25 heavy (non-hydrogen) atoms. The first-order valence-corrected chi connectivity index (χ1v) is 7.85. The lowest BCUT2D eigenvalue weighted by atomic mass is 10.1. The van der Waals surface area contributed by atoms with E-state index >= 15 is 0 Å². The molecule has 0 saturated carbocycles. The zero-order valence-electron chi connectivity index (χ0n) is 13.9. The maximum atomic E-state index is 11.8. The van der Waals surface area contributed by atoms with Gasteiger partial charge < -0.3 is 26.0 Å². The molecule has 130 valence electrons. The maximum absolute atomic E-state index is 11.8. The van der Waals surface area contributed by atoms with E-state index in [2.05, 4.69) is 4.98 Å². The van der Waals surface area contributed by atoms with Crippen molar-refractivity contribution in [2.45, 2.75) is 20.0 Å². The number of pyridine rings is 1. The van der Waals surface area contributed by atoms with Gasteiger partial charge in [0.25, 0.3) is 0 Å². The van der Waals surface area contributed by atoms with Crippen LogP contribution < -0.4 is 20.9 Å². The number of aliphatic hydroxyl groups is 1. The third kappa shape index (κ3) is 3.14. The Morgan fingerprint density at radius 2 is 2.00 bits per heavy atom. The number of aromatic nitrogens is 1. The van der Waals surface area contributed by atoms with Gasteiger partial charge in [-0.3, -0.25) is 0 Å². The van der Waals surface area contributed by atoms with Crippen molar-refractivity contribution < 1.29 is 19.4 Å². The number of carbonyl (C=O) groups excluding carboxylic acids is 1. The van der Waals surface area contributed by atoms with Crippen LogP contribution in [0.4, 0.5) is 11.4 Å². The summed E-state index contributed by atoms with van der Waals surface area (Å²) in [4.78, 5) is 16.3. The first-order chi connectivity index (χ1) is 11.9. The van der Waals surface area contributed by atoms with E-state index in [9.17, 15) is 9.90 Å². The fourth-order valence-electron chi connectivity index (χ4n) is 2.60. The Kier molecular flexibility index (Phi) is 4.33. The van der Waals surface area contributed by atoms with E-state index in [0.29, 0.717) is 45.5 Å². The van der Waals surface area contributed by atoms with E-state index in [4.69, 9.17) is 20.9 Å². The topological polar surface area (TPSA) is 121 Å². The lowest BCUT2D eigenvalue weighted by molar-refractivity contribution is -0.142. The van der Waals surface area contributed by atoms with Gasteiger partial charge in [-0.1, -0.05) is 0 Å². The van der Waals surface area contributed by atoms with Crippen molar-refractivity contribution in [1.82, 2.24) is 4.98 Å². The normalized spacial score (nSPS) is 12.3. The van der Waals surface area contributed by atoms with Crippen molar-refractivity contribution in [2.75, 3.05) is 18.1 Å². The number of anilines is 2. The van der Waals surface area contributed by atoms with E-state index in [-0.39, 0.29) is 5.75 Å². The molecule has 3 aromatic rings. The van der Waals surface area contributed by atoms with Crippen LogP contribution in [0, 0.1) is 0 Å². The number of hydrogen-bond acceptors (Lipinski definition) is 7. The summed E-state index contributed by atoms with van der Waals surface area (Å²) in [6.45, 7) is 3.74. The van der Waals surface area contributed by atoms with E-state index in [1.165, 1.54) is 13.0 Å². The van der Waals surface area contributed by atoms with Gasteiger partial charge in [-0.15, -0.1) is 0 Å². The second-order valence-corrected chi connectivity index (χ2v) is 5.65. The summed E-state index contributed by atoms with van der Waals surface area (Å²) < 4.78 is 10.8. The van der Waals surface area contributed by atoms with Crippen LogP contribution in [-0.2, 0) is 4.79 Å². The first-order valence-electron chi connectivity index (χ1n) is 7.85. The molecule has 7 nitrogen and oxygen atoms in total. The fourth-order valence-corrected chi connectivity index (χ4v) is 2.60.